The van der Waals surface area contributed by atoms with Crippen LogP contribution < -0.4 is 14.8 Å². The zero-order valence-electron chi connectivity index (χ0n) is 17.8. The number of piperidine rings is 1. The molecule has 33 heavy (non-hydrogen) atoms. The summed E-state index contributed by atoms with van der Waals surface area (Å²) in [6, 6.07) is 7.72. The molecule has 1 atom stereocenters. The molecule has 0 aromatic heterocycles. The van der Waals surface area contributed by atoms with E-state index < -0.39 is 41.4 Å². The highest BCUT2D eigenvalue weighted by molar-refractivity contribution is 5.96. The standard InChI is InChI=1S/C23H22F2N2O6/c1-13(21(28)26-16-3-5-19-20(11-16)32-12-31-19)33-23(30)14-6-8-27(9-7-14)22(29)17-4-2-15(24)10-18(17)25/h2-5,10-11,13-14H,6-9,12H2,1H3,(H,26,28). The predicted octanol–water partition coefficient (Wildman–Crippen LogP) is 3.12. The fourth-order valence-electron chi connectivity index (χ4n) is 3.69. The van der Waals surface area contributed by atoms with Crippen LogP contribution in [-0.4, -0.2) is 48.7 Å². The summed E-state index contributed by atoms with van der Waals surface area (Å²) in [4.78, 5) is 38.8. The van der Waals surface area contributed by atoms with Crippen molar-refractivity contribution in [3.8, 4) is 11.5 Å². The second-order valence-corrected chi connectivity index (χ2v) is 7.83. The lowest BCUT2D eigenvalue weighted by Crippen LogP contribution is -2.42. The molecule has 8 nitrogen and oxygen atoms in total. The summed E-state index contributed by atoms with van der Waals surface area (Å²) in [6.45, 7) is 2.01. The molecular formula is C23H22F2N2O6. The van der Waals surface area contributed by atoms with E-state index in [-0.39, 0.29) is 25.4 Å². The van der Waals surface area contributed by atoms with Gasteiger partial charge in [-0.2, -0.15) is 0 Å². The van der Waals surface area contributed by atoms with Gasteiger partial charge < -0.3 is 24.4 Å². The zero-order chi connectivity index (χ0) is 23.5. The normalized spacial score (nSPS) is 16.3. The number of nitrogens with zero attached hydrogens (tertiary/aromatic N) is 1. The molecule has 4 rings (SSSR count). The Morgan fingerprint density at radius 3 is 2.52 bits per heavy atom. The summed E-state index contributed by atoms with van der Waals surface area (Å²) >= 11 is 0. The number of hydrogen-bond donors (Lipinski definition) is 1. The van der Waals surface area contributed by atoms with Gasteiger partial charge >= 0.3 is 5.97 Å². The Labute approximate surface area is 188 Å². The molecule has 10 heteroatoms. The van der Waals surface area contributed by atoms with Crippen molar-refractivity contribution < 1.29 is 37.4 Å². The first-order chi connectivity index (χ1) is 15.8. The summed E-state index contributed by atoms with van der Waals surface area (Å²) in [5, 5.41) is 2.66. The molecule has 0 radical (unpaired) electrons. The molecule has 2 aliphatic heterocycles. The molecular weight excluding hydrogens is 438 g/mol. The predicted molar refractivity (Wildman–Crippen MR) is 112 cm³/mol. The summed E-state index contributed by atoms with van der Waals surface area (Å²) in [5.41, 5.74) is 0.262. The van der Waals surface area contributed by atoms with Crippen LogP contribution in [0.15, 0.2) is 36.4 Å². The molecule has 1 N–H and O–H groups in total. The molecule has 1 saturated heterocycles. The van der Waals surface area contributed by atoms with Crippen molar-refractivity contribution >= 4 is 23.5 Å². The first-order valence-corrected chi connectivity index (χ1v) is 10.5. The van der Waals surface area contributed by atoms with E-state index in [1.54, 1.807) is 18.2 Å². The molecule has 0 bridgehead atoms. The van der Waals surface area contributed by atoms with E-state index in [1.807, 2.05) is 0 Å². The van der Waals surface area contributed by atoms with E-state index in [0.717, 1.165) is 12.1 Å². The molecule has 1 fully saturated rings. The summed E-state index contributed by atoms with van der Waals surface area (Å²) in [6.07, 6.45) is -0.413. The number of amides is 2. The number of rotatable bonds is 5. The van der Waals surface area contributed by atoms with Crippen molar-refractivity contribution in [1.29, 1.82) is 0 Å². The van der Waals surface area contributed by atoms with Crippen LogP contribution in [0.3, 0.4) is 0 Å². The third kappa shape index (κ3) is 5.05. The second-order valence-electron chi connectivity index (χ2n) is 7.83. The maximum absolute atomic E-state index is 13.9. The van der Waals surface area contributed by atoms with Crippen LogP contribution in [0.1, 0.15) is 30.1 Å². The van der Waals surface area contributed by atoms with Gasteiger partial charge in [-0.25, -0.2) is 8.78 Å². The molecule has 2 aromatic rings. The fourth-order valence-corrected chi connectivity index (χ4v) is 3.69. The Morgan fingerprint density at radius 2 is 1.79 bits per heavy atom. The van der Waals surface area contributed by atoms with E-state index in [4.69, 9.17) is 14.2 Å². The molecule has 0 saturated carbocycles. The molecule has 174 valence electrons. The van der Waals surface area contributed by atoms with Crippen LogP contribution in [0.5, 0.6) is 11.5 Å². The lowest BCUT2D eigenvalue weighted by molar-refractivity contribution is -0.158. The molecule has 1 unspecified atom stereocenters. The Bertz CT molecular complexity index is 1080. The first kappa shape index (κ1) is 22.5. The molecule has 0 aliphatic carbocycles. The third-order valence-electron chi connectivity index (χ3n) is 5.58. The maximum Gasteiger partial charge on any atom is 0.309 e. The lowest BCUT2D eigenvalue weighted by Gasteiger charge is -2.31. The van der Waals surface area contributed by atoms with Gasteiger partial charge in [-0.15, -0.1) is 0 Å². The van der Waals surface area contributed by atoms with Crippen LogP contribution in [0, 0.1) is 17.6 Å². The van der Waals surface area contributed by atoms with Crippen LogP contribution in [-0.2, 0) is 14.3 Å². The number of esters is 1. The molecule has 2 aromatic carbocycles. The quantitative estimate of drug-likeness (QED) is 0.690. The number of anilines is 1. The van der Waals surface area contributed by atoms with Gasteiger partial charge in [-0.1, -0.05) is 0 Å². The number of halogens is 2. The molecule has 2 aliphatic rings. The van der Waals surface area contributed by atoms with Gasteiger partial charge in [0.2, 0.25) is 6.79 Å². The first-order valence-electron chi connectivity index (χ1n) is 10.5. The highest BCUT2D eigenvalue weighted by Crippen LogP contribution is 2.34. The number of likely N-dealkylation sites (tertiary alicyclic amines) is 1. The number of carbonyl (C=O) groups excluding carboxylic acids is 3. The van der Waals surface area contributed by atoms with Crippen molar-refractivity contribution in [3.63, 3.8) is 0 Å². The van der Waals surface area contributed by atoms with E-state index >= 15 is 0 Å². The average molecular weight is 460 g/mol. The van der Waals surface area contributed by atoms with Gasteiger partial charge in [0, 0.05) is 30.9 Å². The monoisotopic (exact) mass is 460 g/mol. The van der Waals surface area contributed by atoms with Crippen molar-refractivity contribution in [2.75, 3.05) is 25.2 Å². The van der Waals surface area contributed by atoms with Crippen LogP contribution in [0.4, 0.5) is 14.5 Å². The van der Waals surface area contributed by atoms with E-state index in [1.165, 1.54) is 11.8 Å². The molecule has 2 heterocycles. The van der Waals surface area contributed by atoms with Crippen molar-refractivity contribution in [2.45, 2.75) is 25.9 Å². The molecule has 0 spiro atoms. The lowest BCUT2D eigenvalue weighted by atomic mass is 9.96. The van der Waals surface area contributed by atoms with Crippen molar-refractivity contribution in [2.24, 2.45) is 5.92 Å². The summed E-state index contributed by atoms with van der Waals surface area (Å²) < 4.78 is 42.8. The van der Waals surface area contributed by atoms with E-state index in [2.05, 4.69) is 5.32 Å². The topological polar surface area (TPSA) is 94.2 Å². The highest BCUT2D eigenvalue weighted by Gasteiger charge is 2.31. The number of fused-ring (bicyclic) bond motifs is 1. The smallest absolute Gasteiger partial charge is 0.309 e. The van der Waals surface area contributed by atoms with Gasteiger partial charge in [-0.3, -0.25) is 14.4 Å². The minimum atomic E-state index is -1.03. The van der Waals surface area contributed by atoms with Gasteiger partial charge in [0.05, 0.1) is 11.5 Å². The van der Waals surface area contributed by atoms with Crippen molar-refractivity contribution in [1.82, 2.24) is 4.90 Å². The third-order valence-corrected chi connectivity index (χ3v) is 5.58. The van der Waals surface area contributed by atoms with E-state index in [9.17, 15) is 23.2 Å². The van der Waals surface area contributed by atoms with Crippen molar-refractivity contribution in [3.05, 3.63) is 53.6 Å². The largest absolute Gasteiger partial charge is 0.454 e. The van der Waals surface area contributed by atoms with Gasteiger partial charge in [0.25, 0.3) is 11.8 Å². The maximum atomic E-state index is 13.9. The number of ether oxygens (including phenoxy) is 3. The average Bonchev–Trinajstić information content (AvgIpc) is 3.26. The van der Waals surface area contributed by atoms with Gasteiger partial charge in [0.15, 0.2) is 17.6 Å². The SMILES string of the molecule is CC(OC(=O)C1CCN(C(=O)c2ccc(F)cc2F)CC1)C(=O)Nc1ccc2c(c1)OCO2. The minimum Gasteiger partial charge on any atom is -0.454 e. The number of carbonyl (C=O) groups is 3. The number of hydrogen-bond acceptors (Lipinski definition) is 6. The Kier molecular flexibility index (Phi) is 6.43. The Morgan fingerprint density at radius 1 is 1.06 bits per heavy atom. The van der Waals surface area contributed by atoms with Crippen LogP contribution in [0.25, 0.3) is 0 Å². The van der Waals surface area contributed by atoms with Crippen LogP contribution in [0.2, 0.25) is 0 Å². The Balaban J connectivity index is 1.27. The zero-order valence-corrected chi connectivity index (χ0v) is 17.8. The Hall–Kier alpha value is -3.69. The van der Waals surface area contributed by atoms with Gasteiger partial charge in [-0.05, 0) is 44.0 Å². The number of nitrogens with one attached hydrogen (secondary N) is 1. The summed E-state index contributed by atoms with van der Waals surface area (Å²) in [7, 11) is 0. The summed E-state index contributed by atoms with van der Waals surface area (Å²) in [5.74, 6) is -2.68. The van der Waals surface area contributed by atoms with E-state index in [0.29, 0.717) is 36.1 Å². The number of benzene rings is 2. The fraction of sp³-hybridized carbons (Fsp3) is 0.348. The second kappa shape index (κ2) is 9.43. The molecule has 2 amide bonds. The van der Waals surface area contributed by atoms with Crippen LogP contribution >= 0.6 is 0 Å². The minimum absolute atomic E-state index is 0.115. The van der Waals surface area contributed by atoms with Gasteiger partial charge in [0.1, 0.15) is 11.6 Å². The highest BCUT2D eigenvalue weighted by atomic mass is 19.1.